The van der Waals surface area contributed by atoms with Gasteiger partial charge >= 0.3 is 12.4 Å². The van der Waals surface area contributed by atoms with E-state index in [1.807, 2.05) is 0 Å². The first-order chi connectivity index (χ1) is 28.3. The summed E-state index contributed by atoms with van der Waals surface area (Å²) in [5, 5.41) is 11.7. The summed E-state index contributed by atoms with van der Waals surface area (Å²) in [6, 6.07) is 15.4. The average molecular weight is 875 g/mol. The van der Waals surface area contributed by atoms with E-state index in [9.17, 15) is 45.8 Å². The van der Waals surface area contributed by atoms with E-state index in [1.54, 1.807) is 30.3 Å². The molecule has 6 unspecified atom stereocenters. The summed E-state index contributed by atoms with van der Waals surface area (Å²) in [5.41, 5.74) is -2.20. The first-order valence-electron chi connectivity index (χ1n) is 18.3. The number of rotatable bonds is 7. The Hall–Kier alpha value is -5.74. The van der Waals surface area contributed by atoms with Crippen LogP contribution in [0.1, 0.15) is 41.0 Å². The number of nitrogens with one attached hydrogen (secondary N) is 1. The number of imide groups is 2. The third-order valence-electron chi connectivity index (χ3n) is 11.9. The molecule has 0 bridgehead atoms. The molecule has 4 aliphatic rings. The molecule has 6 atom stereocenters. The van der Waals surface area contributed by atoms with Crippen molar-refractivity contribution in [1.29, 1.82) is 0 Å². The minimum atomic E-state index is -5.26. The van der Waals surface area contributed by atoms with Crippen molar-refractivity contribution in [2.45, 2.75) is 36.5 Å². The van der Waals surface area contributed by atoms with Gasteiger partial charge in [-0.25, -0.2) is 4.90 Å². The number of hydrogen-bond donors (Lipinski definition) is 2. The zero-order valence-electron chi connectivity index (χ0n) is 31.2. The Morgan fingerprint density at radius 1 is 0.783 bits per heavy atom. The Labute approximate surface area is 347 Å². The fourth-order valence-corrected chi connectivity index (χ4v) is 9.90. The number of fused-ring (bicyclic) bond motifs is 4. The molecule has 312 valence electrons. The Balaban J connectivity index is 1.33. The van der Waals surface area contributed by atoms with Gasteiger partial charge in [-0.3, -0.25) is 24.6 Å². The third-order valence-corrected chi connectivity index (χ3v) is 12.5. The maximum atomic E-state index is 15.5. The molecule has 4 amide bonds. The number of benzene rings is 4. The molecule has 2 aliphatic carbocycles. The van der Waals surface area contributed by atoms with Crippen molar-refractivity contribution in [3.05, 3.63) is 123 Å². The molecule has 4 aromatic carbocycles. The number of amides is 4. The second-order valence-corrected chi connectivity index (χ2v) is 15.8. The fraction of sp³-hybridized carbons (Fsp3) is 0.286. The van der Waals surface area contributed by atoms with Gasteiger partial charge in [0.1, 0.15) is 17.2 Å². The number of hydrogen-bond acceptors (Lipinski definition) is 8. The molecule has 10 nitrogen and oxygen atoms in total. The third kappa shape index (κ3) is 6.33. The van der Waals surface area contributed by atoms with E-state index in [2.05, 4.69) is 5.43 Å². The highest BCUT2D eigenvalue weighted by molar-refractivity contribution is 6.36. The summed E-state index contributed by atoms with van der Waals surface area (Å²) in [4.78, 5) is 59.5. The summed E-state index contributed by atoms with van der Waals surface area (Å²) in [7, 11) is 2.76. The van der Waals surface area contributed by atoms with Crippen LogP contribution in [0.4, 0.5) is 37.7 Å². The van der Waals surface area contributed by atoms with E-state index in [4.69, 9.17) is 32.7 Å². The molecule has 2 N–H and O–H groups in total. The lowest BCUT2D eigenvalue weighted by molar-refractivity contribution is -0.143. The van der Waals surface area contributed by atoms with Crippen LogP contribution in [0.15, 0.2) is 90.5 Å². The van der Waals surface area contributed by atoms with Crippen LogP contribution >= 0.6 is 23.2 Å². The average Bonchev–Trinajstić information content (AvgIpc) is 3.58. The Morgan fingerprint density at radius 2 is 1.45 bits per heavy atom. The van der Waals surface area contributed by atoms with Crippen molar-refractivity contribution < 1.29 is 60.1 Å². The maximum Gasteiger partial charge on any atom is 0.416 e. The molecule has 4 aromatic rings. The number of phenols is 1. The number of hydrazine groups is 1. The molecule has 18 heteroatoms. The molecule has 0 spiro atoms. The Bertz CT molecular complexity index is 2480. The minimum absolute atomic E-state index is 0.0610. The molecular weight excluding hydrogens is 843 g/mol. The number of carbonyl (C=O) groups is 4. The van der Waals surface area contributed by atoms with Crippen LogP contribution in [0.2, 0.25) is 10.0 Å². The number of allylic oxidation sites excluding steroid dienone is 2. The largest absolute Gasteiger partial charge is 0.508 e. The quantitative estimate of drug-likeness (QED) is 0.107. The van der Waals surface area contributed by atoms with Crippen molar-refractivity contribution >= 4 is 58.2 Å². The summed E-state index contributed by atoms with van der Waals surface area (Å²) >= 11 is 12.6. The highest BCUT2D eigenvalue weighted by Gasteiger charge is 2.71. The van der Waals surface area contributed by atoms with Crippen molar-refractivity contribution in [1.82, 2.24) is 5.01 Å². The number of phenolic OH excluding ortho intramolecular Hbond substituents is 1. The molecule has 0 aromatic heterocycles. The summed E-state index contributed by atoms with van der Waals surface area (Å²) < 4.78 is 94.9. The summed E-state index contributed by atoms with van der Waals surface area (Å²) in [6.45, 7) is 0. The highest BCUT2D eigenvalue weighted by Crippen LogP contribution is 2.65. The first kappa shape index (κ1) is 41.0. The van der Waals surface area contributed by atoms with Gasteiger partial charge in [-0.15, -0.1) is 0 Å². The van der Waals surface area contributed by atoms with Crippen molar-refractivity contribution in [3.63, 3.8) is 0 Å². The van der Waals surface area contributed by atoms with Gasteiger partial charge < -0.3 is 14.6 Å². The zero-order valence-corrected chi connectivity index (χ0v) is 32.7. The van der Waals surface area contributed by atoms with Gasteiger partial charge in [-0.1, -0.05) is 53.1 Å². The van der Waals surface area contributed by atoms with Gasteiger partial charge in [0, 0.05) is 22.6 Å². The number of alkyl halides is 6. The van der Waals surface area contributed by atoms with Gasteiger partial charge in [0.2, 0.25) is 11.8 Å². The Kier molecular flexibility index (Phi) is 9.89. The lowest BCUT2D eigenvalue weighted by Crippen LogP contribution is -2.53. The second kappa shape index (κ2) is 14.5. The lowest BCUT2D eigenvalue weighted by Gasteiger charge is -2.50. The second-order valence-electron chi connectivity index (χ2n) is 14.9. The number of ether oxygens (including phenoxy) is 2. The van der Waals surface area contributed by atoms with Crippen LogP contribution in [0, 0.1) is 23.7 Å². The zero-order chi connectivity index (χ0) is 43.2. The SMILES string of the molecule is COc1ccc(C23C(=O)N(Nc4ccc(Cl)cc4Cl)C(=O)C2CC2C(=CCC4C(=O)N(c5cc(C(F)(F)F)cc(C(F)(F)F)c5)C(=O)C42)C3c2ccc(O)cc2OC)cc1. The van der Waals surface area contributed by atoms with E-state index >= 15 is 4.79 Å². The van der Waals surface area contributed by atoms with Crippen molar-refractivity contribution in [2.75, 3.05) is 24.5 Å². The van der Waals surface area contributed by atoms with E-state index in [0.29, 0.717) is 39.5 Å². The van der Waals surface area contributed by atoms with Crippen molar-refractivity contribution in [3.8, 4) is 17.2 Å². The van der Waals surface area contributed by atoms with E-state index in [-0.39, 0.29) is 46.1 Å². The maximum absolute atomic E-state index is 15.5. The smallest absolute Gasteiger partial charge is 0.416 e. The number of methoxy groups -OCH3 is 2. The van der Waals surface area contributed by atoms with Crippen LogP contribution in [-0.2, 0) is 36.9 Å². The number of nitrogens with zero attached hydrogens (tertiary/aromatic N) is 2. The number of aromatic hydroxyl groups is 1. The molecule has 1 saturated carbocycles. The summed E-state index contributed by atoms with van der Waals surface area (Å²) in [5.74, 6) is -9.53. The molecule has 0 radical (unpaired) electrons. The predicted molar refractivity (Wildman–Crippen MR) is 204 cm³/mol. The molecule has 3 fully saturated rings. The van der Waals surface area contributed by atoms with E-state index in [1.165, 1.54) is 50.6 Å². The molecular formula is C42H31Cl2F6N3O7. The van der Waals surface area contributed by atoms with Gasteiger partial charge in [0.15, 0.2) is 0 Å². The van der Waals surface area contributed by atoms with Crippen LogP contribution in [0.3, 0.4) is 0 Å². The topological polar surface area (TPSA) is 125 Å². The van der Waals surface area contributed by atoms with Gasteiger partial charge in [-0.05, 0) is 78.9 Å². The van der Waals surface area contributed by atoms with Crippen LogP contribution in [0.5, 0.6) is 17.2 Å². The monoisotopic (exact) mass is 873 g/mol. The van der Waals surface area contributed by atoms with Gasteiger partial charge in [0.05, 0.1) is 64.9 Å². The number of carbonyl (C=O) groups excluding carboxylic acids is 4. The van der Waals surface area contributed by atoms with Crippen LogP contribution in [-0.4, -0.2) is 48.0 Å². The number of anilines is 2. The highest BCUT2D eigenvalue weighted by atomic mass is 35.5. The van der Waals surface area contributed by atoms with Gasteiger partial charge in [0.25, 0.3) is 11.8 Å². The molecule has 60 heavy (non-hydrogen) atoms. The Morgan fingerprint density at radius 3 is 2.05 bits per heavy atom. The molecule has 2 heterocycles. The lowest BCUT2D eigenvalue weighted by atomic mass is 9.49. The molecule has 2 saturated heterocycles. The normalized spacial score (nSPS) is 25.2. The summed E-state index contributed by atoms with van der Waals surface area (Å²) in [6.07, 6.45) is -9.36. The predicted octanol–water partition coefficient (Wildman–Crippen LogP) is 8.94. The molecule has 8 rings (SSSR count). The van der Waals surface area contributed by atoms with Crippen LogP contribution in [0.25, 0.3) is 0 Å². The molecule has 2 aliphatic heterocycles. The van der Waals surface area contributed by atoms with Crippen LogP contribution < -0.4 is 19.8 Å². The number of halogens is 8. The van der Waals surface area contributed by atoms with E-state index in [0.717, 1.165) is 5.01 Å². The fourth-order valence-electron chi connectivity index (χ4n) is 9.45. The first-order valence-corrected chi connectivity index (χ1v) is 19.1. The van der Waals surface area contributed by atoms with Crippen molar-refractivity contribution in [2.24, 2.45) is 23.7 Å². The van der Waals surface area contributed by atoms with E-state index < -0.39 is 87.8 Å². The van der Waals surface area contributed by atoms with Gasteiger partial charge in [-0.2, -0.15) is 31.4 Å². The standard InChI is InChI=1S/C42H31Cl2F6N3O7/c1-59-25-7-3-19(4-8-25)40-30(37(56)53(39(40)58)51-32-12-5-22(43)16-31(32)44)18-29-26(35(40)27-9-6-24(54)17-33(27)60-2)10-11-28-34(29)38(57)52(36(28)55)23-14-20(41(45,46)47)13-21(15-23)42(48,49)50/h3-10,12-17,28-30,34-35,51,54H,11,18H2,1-2H3. The minimum Gasteiger partial charge on any atom is -0.508 e.